The number of fused-ring (bicyclic) bond motifs is 1. The second-order valence-electron chi connectivity index (χ2n) is 2.52. The molecule has 0 fully saturated rings. The van der Waals surface area contributed by atoms with Crippen molar-refractivity contribution in [1.82, 2.24) is 4.98 Å². The van der Waals surface area contributed by atoms with Crippen LogP contribution in [0.1, 0.15) is 6.92 Å². The SMILES string of the molecule is CCOc1nc2cc(Br)ccc2o1. The van der Waals surface area contributed by atoms with Crippen LogP contribution in [0.4, 0.5) is 0 Å². The maximum absolute atomic E-state index is 5.31. The minimum absolute atomic E-state index is 0.329. The lowest BCUT2D eigenvalue weighted by atomic mass is 10.3. The van der Waals surface area contributed by atoms with Gasteiger partial charge in [0.05, 0.1) is 6.61 Å². The average molecular weight is 242 g/mol. The van der Waals surface area contributed by atoms with Gasteiger partial charge in [0.1, 0.15) is 5.52 Å². The van der Waals surface area contributed by atoms with E-state index in [2.05, 4.69) is 20.9 Å². The van der Waals surface area contributed by atoms with E-state index in [1.807, 2.05) is 25.1 Å². The fourth-order valence-corrected chi connectivity index (χ4v) is 1.41. The lowest BCUT2D eigenvalue weighted by molar-refractivity contribution is 0.251. The highest BCUT2D eigenvalue weighted by Crippen LogP contribution is 2.23. The van der Waals surface area contributed by atoms with E-state index in [1.165, 1.54) is 0 Å². The fraction of sp³-hybridized carbons (Fsp3) is 0.222. The zero-order valence-corrected chi connectivity index (χ0v) is 8.67. The predicted octanol–water partition coefficient (Wildman–Crippen LogP) is 2.99. The molecule has 0 aliphatic carbocycles. The third-order valence-corrected chi connectivity index (χ3v) is 2.09. The van der Waals surface area contributed by atoms with Crippen molar-refractivity contribution in [3.63, 3.8) is 0 Å². The Kier molecular flexibility index (Phi) is 2.22. The molecule has 0 bridgehead atoms. The quantitative estimate of drug-likeness (QED) is 0.811. The fourth-order valence-electron chi connectivity index (χ4n) is 1.06. The van der Waals surface area contributed by atoms with Gasteiger partial charge in [-0.25, -0.2) is 0 Å². The van der Waals surface area contributed by atoms with E-state index in [4.69, 9.17) is 9.15 Å². The Morgan fingerprint density at radius 2 is 2.38 bits per heavy atom. The van der Waals surface area contributed by atoms with Crippen LogP contribution in [-0.2, 0) is 0 Å². The summed E-state index contributed by atoms with van der Waals surface area (Å²) in [6.45, 7) is 2.46. The first-order chi connectivity index (χ1) is 6.29. The Bertz CT molecular complexity index is 424. The number of oxazole rings is 1. The number of hydrogen-bond acceptors (Lipinski definition) is 3. The van der Waals surface area contributed by atoms with Crippen LogP contribution in [0.15, 0.2) is 27.1 Å². The van der Waals surface area contributed by atoms with Crippen LogP contribution in [-0.4, -0.2) is 11.6 Å². The van der Waals surface area contributed by atoms with E-state index in [9.17, 15) is 0 Å². The molecule has 0 aliphatic heterocycles. The highest BCUT2D eigenvalue weighted by atomic mass is 79.9. The summed E-state index contributed by atoms with van der Waals surface area (Å²) in [4.78, 5) is 4.14. The zero-order chi connectivity index (χ0) is 9.26. The lowest BCUT2D eigenvalue weighted by Crippen LogP contribution is -1.89. The molecule has 0 spiro atoms. The first kappa shape index (κ1) is 8.56. The van der Waals surface area contributed by atoms with Crippen LogP contribution in [0, 0.1) is 0 Å². The van der Waals surface area contributed by atoms with E-state index in [0.29, 0.717) is 12.7 Å². The zero-order valence-electron chi connectivity index (χ0n) is 7.08. The largest absolute Gasteiger partial charge is 0.450 e. The Morgan fingerprint density at radius 1 is 1.54 bits per heavy atom. The molecule has 0 saturated carbocycles. The molecule has 0 aliphatic rings. The highest BCUT2D eigenvalue weighted by molar-refractivity contribution is 9.10. The maximum atomic E-state index is 5.31. The summed E-state index contributed by atoms with van der Waals surface area (Å²) in [6.07, 6.45) is 0.329. The number of nitrogens with zero attached hydrogens (tertiary/aromatic N) is 1. The summed E-state index contributed by atoms with van der Waals surface area (Å²) < 4.78 is 11.4. The molecule has 0 unspecified atom stereocenters. The standard InChI is InChI=1S/C9H8BrNO2/c1-2-12-9-11-7-5-6(10)3-4-8(7)13-9/h3-5H,2H2,1H3. The number of ether oxygens (including phenoxy) is 1. The van der Waals surface area contributed by atoms with Gasteiger partial charge in [-0.2, -0.15) is 4.98 Å². The van der Waals surface area contributed by atoms with Crippen LogP contribution in [0.3, 0.4) is 0 Å². The van der Waals surface area contributed by atoms with Crippen molar-refractivity contribution in [2.24, 2.45) is 0 Å². The van der Waals surface area contributed by atoms with E-state index in [0.717, 1.165) is 15.6 Å². The summed E-state index contributed by atoms with van der Waals surface area (Å²) in [5.74, 6) is 0. The van der Waals surface area contributed by atoms with Gasteiger partial charge in [-0.05, 0) is 25.1 Å². The molecule has 1 heterocycles. The number of benzene rings is 1. The van der Waals surface area contributed by atoms with Crippen molar-refractivity contribution in [2.45, 2.75) is 6.92 Å². The second kappa shape index (κ2) is 3.38. The van der Waals surface area contributed by atoms with Crippen LogP contribution in [0.25, 0.3) is 11.1 Å². The van der Waals surface area contributed by atoms with Gasteiger partial charge >= 0.3 is 6.08 Å². The minimum Gasteiger partial charge on any atom is -0.450 e. The first-order valence-corrected chi connectivity index (χ1v) is 4.78. The third kappa shape index (κ3) is 1.67. The number of aromatic nitrogens is 1. The molecule has 0 N–H and O–H groups in total. The van der Waals surface area contributed by atoms with Crippen molar-refractivity contribution < 1.29 is 9.15 Å². The van der Waals surface area contributed by atoms with Crippen molar-refractivity contribution in [2.75, 3.05) is 6.61 Å². The minimum atomic E-state index is 0.329. The van der Waals surface area contributed by atoms with Crippen molar-refractivity contribution in [3.8, 4) is 6.08 Å². The summed E-state index contributed by atoms with van der Waals surface area (Å²) in [5.41, 5.74) is 1.55. The van der Waals surface area contributed by atoms with Gasteiger partial charge in [0.15, 0.2) is 5.58 Å². The molecular formula is C9H8BrNO2. The molecule has 3 nitrogen and oxygen atoms in total. The average Bonchev–Trinajstić information content (AvgIpc) is 2.46. The topological polar surface area (TPSA) is 35.3 Å². The summed E-state index contributed by atoms with van der Waals surface area (Å²) in [6, 6.07) is 5.65. The molecule has 2 aromatic rings. The van der Waals surface area contributed by atoms with E-state index in [1.54, 1.807) is 0 Å². The molecule has 0 amide bonds. The second-order valence-corrected chi connectivity index (χ2v) is 3.44. The van der Waals surface area contributed by atoms with E-state index < -0.39 is 0 Å². The van der Waals surface area contributed by atoms with Crippen molar-refractivity contribution in [3.05, 3.63) is 22.7 Å². The number of rotatable bonds is 2. The molecule has 4 heteroatoms. The van der Waals surface area contributed by atoms with Crippen LogP contribution < -0.4 is 4.74 Å². The van der Waals surface area contributed by atoms with Gasteiger partial charge in [0.2, 0.25) is 0 Å². The van der Waals surface area contributed by atoms with Crippen LogP contribution in [0.5, 0.6) is 6.08 Å². The molecule has 0 radical (unpaired) electrons. The lowest BCUT2D eigenvalue weighted by Gasteiger charge is -1.91. The molecule has 13 heavy (non-hydrogen) atoms. The number of hydrogen-bond donors (Lipinski definition) is 0. The summed E-state index contributed by atoms with van der Waals surface area (Å²) in [5, 5.41) is 0. The molecule has 68 valence electrons. The van der Waals surface area contributed by atoms with Gasteiger partial charge in [-0.3, -0.25) is 0 Å². The Balaban J connectivity index is 2.49. The normalized spacial score (nSPS) is 10.6. The smallest absolute Gasteiger partial charge is 0.394 e. The van der Waals surface area contributed by atoms with Gasteiger partial charge < -0.3 is 9.15 Å². The van der Waals surface area contributed by atoms with E-state index in [-0.39, 0.29) is 0 Å². The Hall–Kier alpha value is -1.03. The van der Waals surface area contributed by atoms with Gasteiger partial charge in [-0.15, -0.1) is 0 Å². The van der Waals surface area contributed by atoms with E-state index >= 15 is 0 Å². The maximum Gasteiger partial charge on any atom is 0.394 e. The van der Waals surface area contributed by atoms with Crippen LogP contribution >= 0.6 is 15.9 Å². The predicted molar refractivity (Wildman–Crippen MR) is 52.9 cm³/mol. The molecule has 2 rings (SSSR count). The summed E-state index contributed by atoms with van der Waals surface area (Å²) in [7, 11) is 0. The highest BCUT2D eigenvalue weighted by Gasteiger charge is 2.05. The van der Waals surface area contributed by atoms with Crippen molar-refractivity contribution >= 4 is 27.0 Å². The molecule has 0 atom stereocenters. The van der Waals surface area contributed by atoms with Crippen molar-refractivity contribution in [1.29, 1.82) is 0 Å². The van der Waals surface area contributed by atoms with Gasteiger partial charge in [-0.1, -0.05) is 15.9 Å². The molecular weight excluding hydrogens is 234 g/mol. The Morgan fingerprint density at radius 3 is 3.15 bits per heavy atom. The molecule has 0 saturated heterocycles. The third-order valence-electron chi connectivity index (χ3n) is 1.60. The molecule has 1 aromatic heterocycles. The van der Waals surface area contributed by atoms with Crippen LogP contribution in [0.2, 0.25) is 0 Å². The Labute approximate surface area is 83.8 Å². The molecule has 1 aromatic carbocycles. The summed E-state index contributed by atoms with van der Waals surface area (Å²) >= 11 is 3.36. The van der Waals surface area contributed by atoms with Gasteiger partial charge in [0.25, 0.3) is 0 Å². The first-order valence-electron chi connectivity index (χ1n) is 3.98. The monoisotopic (exact) mass is 241 g/mol. The van der Waals surface area contributed by atoms with Gasteiger partial charge in [0, 0.05) is 4.47 Å². The number of halogens is 1.